The summed E-state index contributed by atoms with van der Waals surface area (Å²) in [6.45, 7) is 3.97. The van der Waals surface area contributed by atoms with Gasteiger partial charge in [-0.25, -0.2) is 4.68 Å². The number of amides is 2. The predicted molar refractivity (Wildman–Crippen MR) is 137 cm³/mol. The Morgan fingerprint density at radius 2 is 1.91 bits per heavy atom. The molecular formula is C26H33N5O2S. The highest BCUT2D eigenvalue weighted by atomic mass is 32.2. The highest BCUT2D eigenvalue weighted by Gasteiger charge is 2.31. The molecule has 180 valence electrons. The lowest BCUT2D eigenvalue weighted by Crippen LogP contribution is -2.45. The molecule has 34 heavy (non-hydrogen) atoms. The standard InChI is InChI=1S/C26H33N5O2S/c1-2-17-34-18-9-13-27-24(32)21-10-8-16-30(20-21)26(33)23-19-28-31(22-11-4-3-5-12-22)25(23)29-14-6-7-15-29/h3-7,11-12,14-15,19,21H,2,8-10,13,16-18,20H2,1H3,(H,27,32)/t21-/m1/s1. The molecule has 0 radical (unpaired) electrons. The van der Waals surface area contributed by atoms with Crippen molar-refractivity contribution in [1.29, 1.82) is 0 Å². The molecule has 1 aliphatic heterocycles. The third-order valence-electron chi connectivity index (χ3n) is 6.02. The van der Waals surface area contributed by atoms with Gasteiger partial charge in [0.25, 0.3) is 5.91 Å². The molecule has 0 bridgehead atoms. The van der Waals surface area contributed by atoms with E-state index in [1.165, 1.54) is 12.2 Å². The second kappa shape index (κ2) is 11.9. The van der Waals surface area contributed by atoms with Gasteiger partial charge in [-0.15, -0.1) is 0 Å². The molecule has 4 rings (SSSR count). The van der Waals surface area contributed by atoms with Gasteiger partial charge in [0, 0.05) is 32.0 Å². The van der Waals surface area contributed by atoms with E-state index in [0.717, 1.165) is 30.7 Å². The Balaban J connectivity index is 1.45. The summed E-state index contributed by atoms with van der Waals surface area (Å²) in [4.78, 5) is 28.2. The van der Waals surface area contributed by atoms with E-state index in [4.69, 9.17) is 0 Å². The average molecular weight is 480 g/mol. The minimum atomic E-state index is -0.166. The summed E-state index contributed by atoms with van der Waals surface area (Å²) >= 11 is 1.93. The summed E-state index contributed by atoms with van der Waals surface area (Å²) in [5, 5.41) is 7.63. The molecule has 0 aliphatic carbocycles. The number of nitrogens with zero attached hydrogens (tertiary/aromatic N) is 4. The van der Waals surface area contributed by atoms with Crippen LogP contribution < -0.4 is 5.32 Å². The fourth-order valence-electron chi connectivity index (χ4n) is 4.30. The summed E-state index contributed by atoms with van der Waals surface area (Å²) in [5.41, 5.74) is 1.42. The highest BCUT2D eigenvalue weighted by Crippen LogP contribution is 2.24. The van der Waals surface area contributed by atoms with Crippen LogP contribution in [0.3, 0.4) is 0 Å². The average Bonchev–Trinajstić information content (AvgIpc) is 3.56. The summed E-state index contributed by atoms with van der Waals surface area (Å²) in [6.07, 6.45) is 9.26. The first-order valence-electron chi connectivity index (χ1n) is 12.1. The molecule has 0 unspecified atom stereocenters. The molecule has 0 spiro atoms. The van der Waals surface area contributed by atoms with Crippen molar-refractivity contribution < 1.29 is 9.59 Å². The van der Waals surface area contributed by atoms with Crippen LogP contribution >= 0.6 is 11.8 Å². The molecule has 2 aromatic heterocycles. The van der Waals surface area contributed by atoms with Gasteiger partial charge in [-0.05, 0) is 61.5 Å². The number of hydrogen-bond acceptors (Lipinski definition) is 4. The van der Waals surface area contributed by atoms with Crippen molar-refractivity contribution in [3.8, 4) is 11.5 Å². The van der Waals surface area contributed by atoms with Gasteiger partial charge < -0.3 is 14.8 Å². The van der Waals surface area contributed by atoms with Crippen LogP contribution in [0.2, 0.25) is 0 Å². The smallest absolute Gasteiger partial charge is 0.259 e. The van der Waals surface area contributed by atoms with Gasteiger partial charge in [-0.1, -0.05) is 25.1 Å². The van der Waals surface area contributed by atoms with Gasteiger partial charge in [0.05, 0.1) is 17.8 Å². The van der Waals surface area contributed by atoms with Crippen LogP contribution in [0.1, 0.15) is 43.0 Å². The molecule has 1 saturated heterocycles. The normalized spacial score (nSPS) is 15.9. The van der Waals surface area contributed by atoms with Crippen LogP contribution in [0.4, 0.5) is 0 Å². The fraction of sp³-hybridized carbons (Fsp3) is 0.423. The number of nitrogens with one attached hydrogen (secondary N) is 1. The summed E-state index contributed by atoms with van der Waals surface area (Å²) in [6, 6.07) is 13.7. The zero-order chi connectivity index (χ0) is 23.8. The van der Waals surface area contributed by atoms with Gasteiger partial charge in [-0.2, -0.15) is 16.9 Å². The Bertz CT molecular complexity index is 1060. The molecule has 1 N–H and O–H groups in total. The predicted octanol–water partition coefficient (Wildman–Crippen LogP) is 4.16. The van der Waals surface area contributed by atoms with E-state index in [1.54, 1.807) is 10.9 Å². The Labute approximate surface area is 205 Å². The maximum atomic E-state index is 13.6. The fourth-order valence-corrected chi connectivity index (χ4v) is 5.14. The lowest BCUT2D eigenvalue weighted by molar-refractivity contribution is -0.126. The number of rotatable bonds is 10. The van der Waals surface area contributed by atoms with Crippen LogP contribution in [0, 0.1) is 5.92 Å². The number of thioether (sulfide) groups is 1. The van der Waals surface area contributed by atoms with Crippen molar-refractivity contribution in [2.45, 2.75) is 32.6 Å². The topological polar surface area (TPSA) is 72.2 Å². The minimum absolute atomic E-state index is 0.0589. The van der Waals surface area contributed by atoms with Crippen LogP contribution in [-0.2, 0) is 4.79 Å². The molecule has 8 heteroatoms. The zero-order valence-electron chi connectivity index (χ0n) is 19.7. The van der Waals surface area contributed by atoms with Crippen LogP contribution in [-0.4, -0.2) is 62.2 Å². The SMILES string of the molecule is CCCSCCCNC(=O)[C@@H]1CCCN(C(=O)c2cnn(-c3ccccc3)c2-n2cccc2)C1. The first kappa shape index (κ1) is 24.1. The number of hydrogen-bond donors (Lipinski definition) is 1. The summed E-state index contributed by atoms with van der Waals surface area (Å²) in [5.74, 6) is 2.75. The molecule has 3 heterocycles. The van der Waals surface area contributed by atoms with Crippen molar-refractivity contribution >= 4 is 23.6 Å². The van der Waals surface area contributed by atoms with Crippen molar-refractivity contribution in [2.24, 2.45) is 5.92 Å². The minimum Gasteiger partial charge on any atom is -0.356 e. The highest BCUT2D eigenvalue weighted by molar-refractivity contribution is 7.99. The van der Waals surface area contributed by atoms with Crippen molar-refractivity contribution in [2.75, 3.05) is 31.1 Å². The molecule has 2 amide bonds. The van der Waals surface area contributed by atoms with Gasteiger partial charge in [0.1, 0.15) is 5.56 Å². The zero-order valence-corrected chi connectivity index (χ0v) is 20.5. The second-order valence-electron chi connectivity index (χ2n) is 8.57. The van der Waals surface area contributed by atoms with E-state index in [1.807, 2.05) is 76.1 Å². The molecule has 1 fully saturated rings. The monoisotopic (exact) mass is 479 g/mol. The number of para-hydroxylation sites is 1. The van der Waals surface area contributed by atoms with Crippen molar-refractivity contribution in [1.82, 2.24) is 24.6 Å². The van der Waals surface area contributed by atoms with Crippen molar-refractivity contribution in [3.63, 3.8) is 0 Å². The molecule has 0 saturated carbocycles. The van der Waals surface area contributed by atoms with E-state index in [-0.39, 0.29) is 17.7 Å². The quantitative estimate of drug-likeness (QED) is 0.443. The van der Waals surface area contributed by atoms with Gasteiger partial charge in [0.2, 0.25) is 5.91 Å². The second-order valence-corrected chi connectivity index (χ2v) is 9.79. The number of likely N-dealkylation sites (tertiary alicyclic amines) is 1. The van der Waals surface area contributed by atoms with Crippen molar-refractivity contribution in [3.05, 3.63) is 66.6 Å². The number of piperidine rings is 1. The van der Waals surface area contributed by atoms with Gasteiger partial charge in [-0.3, -0.25) is 9.59 Å². The molecule has 1 aromatic carbocycles. The van der Waals surface area contributed by atoms with Crippen LogP contribution in [0.25, 0.3) is 11.5 Å². The van der Waals surface area contributed by atoms with E-state index in [9.17, 15) is 9.59 Å². The van der Waals surface area contributed by atoms with E-state index in [2.05, 4.69) is 17.3 Å². The molecule has 7 nitrogen and oxygen atoms in total. The first-order valence-corrected chi connectivity index (χ1v) is 13.3. The third-order valence-corrected chi connectivity index (χ3v) is 7.29. The van der Waals surface area contributed by atoms with E-state index < -0.39 is 0 Å². The largest absolute Gasteiger partial charge is 0.356 e. The summed E-state index contributed by atoms with van der Waals surface area (Å²) < 4.78 is 3.70. The van der Waals surface area contributed by atoms with Crippen LogP contribution in [0.15, 0.2) is 61.1 Å². The number of aromatic nitrogens is 3. The lowest BCUT2D eigenvalue weighted by Gasteiger charge is -2.32. The Kier molecular flexibility index (Phi) is 8.46. The first-order chi connectivity index (χ1) is 16.7. The molecule has 1 atom stereocenters. The van der Waals surface area contributed by atoms with Gasteiger partial charge >= 0.3 is 0 Å². The molecule has 1 aliphatic rings. The number of carbonyl (C=O) groups excluding carboxylic acids is 2. The maximum Gasteiger partial charge on any atom is 0.259 e. The molecular weight excluding hydrogens is 446 g/mol. The third kappa shape index (κ3) is 5.73. The summed E-state index contributed by atoms with van der Waals surface area (Å²) in [7, 11) is 0. The number of benzene rings is 1. The van der Waals surface area contributed by atoms with Gasteiger partial charge in [0.15, 0.2) is 5.82 Å². The van der Waals surface area contributed by atoms with E-state index in [0.29, 0.717) is 31.0 Å². The lowest BCUT2D eigenvalue weighted by atomic mass is 9.96. The van der Waals surface area contributed by atoms with Crippen LogP contribution in [0.5, 0.6) is 0 Å². The Hall–Kier alpha value is -3.00. The Morgan fingerprint density at radius 3 is 2.68 bits per heavy atom. The number of carbonyl (C=O) groups is 2. The Morgan fingerprint density at radius 1 is 1.12 bits per heavy atom. The van der Waals surface area contributed by atoms with E-state index >= 15 is 0 Å². The molecule has 3 aromatic rings. The maximum absolute atomic E-state index is 13.6.